The Balaban J connectivity index is 3.24. The summed E-state index contributed by atoms with van der Waals surface area (Å²) in [6, 6.07) is 0. The van der Waals surface area contributed by atoms with Crippen LogP contribution in [0.5, 0.6) is 0 Å². The van der Waals surface area contributed by atoms with Gasteiger partial charge in [0.1, 0.15) is 6.61 Å². The van der Waals surface area contributed by atoms with Gasteiger partial charge >= 0.3 is 5.97 Å². The van der Waals surface area contributed by atoms with Gasteiger partial charge in [-0.15, -0.1) is 11.6 Å². The molecule has 0 amide bonds. The lowest BCUT2D eigenvalue weighted by Crippen LogP contribution is -2.06. The molecule has 0 heterocycles. The van der Waals surface area contributed by atoms with E-state index in [9.17, 15) is 4.79 Å². The van der Waals surface area contributed by atoms with Gasteiger partial charge in [0.15, 0.2) is 6.40 Å². The van der Waals surface area contributed by atoms with Crippen molar-refractivity contribution in [2.45, 2.75) is 19.8 Å². The molecule has 0 radical (unpaired) electrons. The average Bonchev–Trinajstić information content (AvgIpc) is 2.26. The first-order valence-corrected chi connectivity index (χ1v) is 5.70. The Morgan fingerprint density at radius 3 is 2.81 bits per heavy atom. The predicted octanol–water partition coefficient (Wildman–Crippen LogP) is 2.17. The molecule has 0 saturated heterocycles. The minimum absolute atomic E-state index is 0.339. The first kappa shape index (κ1) is 15.0. The molecule has 0 atom stereocenters. The van der Waals surface area contributed by atoms with Gasteiger partial charge in [-0.05, 0) is 19.8 Å². The molecule has 0 spiro atoms. The molecule has 5 heteroatoms. The molecule has 0 N–H and O–H groups in total. The van der Waals surface area contributed by atoms with E-state index in [0.717, 1.165) is 12.8 Å². The van der Waals surface area contributed by atoms with E-state index in [1.165, 1.54) is 6.40 Å². The topological polar surface area (TPSA) is 47.9 Å². The summed E-state index contributed by atoms with van der Waals surface area (Å²) in [5.74, 6) is 0.122. The van der Waals surface area contributed by atoms with Crippen LogP contribution in [0.15, 0.2) is 17.1 Å². The van der Waals surface area contributed by atoms with Crippen molar-refractivity contribution in [3.8, 4) is 0 Å². The number of carbonyl (C=O) groups excluding carboxylic acids is 1. The second kappa shape index (κ2) is 10.5. The van der Waals surface area contributed by atoms with Crippen LogP contribution in [0.4, 0.5) is 0 Å². The molecule has 0 unspecified atom stereocenters. The molecular weight excluding hydrogens is 230 g/mol. The molecule has 0 bridgehead atoms. The molecule has 0 aromatic carbocycles. The fraction of sp³-hybridized carbons (Fsp3) is 0.636. The number of aliphatic imine (C=N–C) groups is 1. The van der Waals surface area contributed by atoms with E-state index in [4.69, 9.17) is 21.1 Å². The molecule has 0 aromatic heterocycles. The van der Waals surface area contributed by atoms with Gasteiger partial charge in [0.05, 0.1) is 12.5 Å². The lowest BCUT2D eigenvalue weighted by Gasteiger charge is -2.02. The summed E-state index contributed by atoms with van der Waals surface area (Å²) in [5.41, 5.74) is 0.424. The van der Waals surface area contributed by atoms with Crippen molar-refractivity contribution in [1.29, 1.82) is 0 Å². The number of carbonyl (C=O) groups is 1. The number of rotatable bonds is 9. The second-order valence-electron chi connectivity index (χ2n) is 3.19. The molecule has 4 nitrogen and oxygen atoms in total. The molecule has 0 aromatic rings. The van der Waals surface area contributed by atoms with Gasteiger partial charge in [0, 0.05) is 12.1 Å². The second-order valence-corrected chi connectivity index (χ2v) is 3.57. The standard InChI is InChI=1S/C11H18ClNO3/c1-10(2)11(14)16-7-4-3-6-13-9-15-8-5-12/h9H,1,3-8H2,2H3/b13-9-. The van der Waals surface area contributed by atoms with Gasteiger partial charge in [0.25, 0.3) is 0 Å². The van der Waals surface area contributed by atoms with Gasteiger partial charge in [0.2, 0.25) is 0 Å². The highest BCUT2D eigenvalue weighted by Crippen LogP contribution is 1.96. The molecule has 0 aliphatic heterocycles. The Kier molecular flexibility index (Phi) is 9.81. The zero-order chi connectivity index (χ0) is 12.2. The number of halogens is 1. The summed E-state index contributed by atoms with van der Waals surface area (Å²) in [5, 5.41) is 0. The van der Waals surface area contributed by atoms with Crippen LogP contribution in [0.25, 0.3) is 0 Å². The maximum Gasteiger partial charge on any atom is 0.333 e. The van der Waals surface area contributed by atoms with Gasteiger partial charge in [-0.1, -0.05) is 6.58 Å². The van der Waals surface area contributed by atoms with Crippen molar-refractivity contribution in [1.82, 2.24) is 0 Å². The highest BCUT2D eigenvalue weighted by molar-refractivity contribution is 6.18. The molecule has 0 rings (SSSR count). The lowest BCUT2D eigenvalue weighted by molar-refractivity contribution is -0.139. The van der Waals surface area contributed by atoms with E-state index in [1.54, 1.807) is 6.92 Å². The Hall–Kier alpha value is -1.03. The fourth-order valence-electron chi connectivity index (χ4n) is 0.796. The van der Waals surface area contributed by atoms with Gasteiger partial charge in [-0.25, -0.2) is 4.79 Å². The van der Waals surface area contributed by atoms with Crippen LogP contribution in [0.3, 0.4) is 0 Å². The first-order valence-electron chi connectivity index (χ1n) is 5.17. The van der Waals surface area contributed by atoms with E-state index >= 15 is 0 Å². The number of hydrogen-bond acceptors (Lipinski definition) is 4. The number of alkyl halides is 1. The van der Waals surface area contributed by atoms with Crippen molar-refractivity contribution in [3.63, 3.8) is 0 Å². The number of hydrogen-bond donors (Lipinski definition) is 0. The number of esters is 1. The fourth-order valence-corrected chi connectivity index (χ4v) is 0.885. The Morgan fingerprint density at radius 2 is 2.19 bits per heavy atom. The van der Waals surface area contributed by atoms with Crippen LogP contribution in [0.2, 0.25) is 0 Å². The average molecular weight is 248 g/mol. The largest absolute Gasteiger partial charge is 0.482 e. The summed E-state index contributed by atoms with van der Waals surface area (Å²) in [6.45, 7) is 6.65. The Morgan fingerprint density at radius 1 is 1.44 bits per heavy atom. The zero-order valence-electron chi connectivity index (χ0n) is 9.58. The van der Waals surface area contributed by atoms with E-state index in [2.05, 4.69) is 11.6 Å². The summed E-state index contributed by atoms with van der Waals surface area (Å²) in [7, 11) is 0. The molecular formula is C11H18ClNO3. The predicted molar refractivity (Wildman–Crippen MR) is 65.0 cm³/mol. The summed E-state index contributed by atoms with van der Waals surface area (Å²) < 4.78 is 9.85. The van der Waals surface area contributed by atoms with Crippen LogP contribution in [0, 0.1) is 0 Å². The molecule has 0 fully saturated rings. The van der Waals surface area contributed by atoms with Crippen LogP contribution >= 0.6 is 11.6 Å². The zero-order valence-corrected chi connectivity index (χ0v) is 10.3. The molecule has 16 heavy (non-hydrogen) atoms. The quantitative estimate of drug-likeness (QED) is 0.157. The minimum Gasteiger partial charge on any atom is -0.482 e. The molecule has 0 saturated carbocycles. The Labute approximate surface area is 101 Å². The van der Waals surface area contributed by atoms with Gasteiger partial charge in [-0.2, -0.15) is 0 Å². The van der Waals surface area contributed by atoms with E-state index < -0.39 is 0 Å². The SMILES string of the molecule is C=C(C)C(=O)OCCCC/N=C\OCCCl. The van der Waals surface area contributed by atoms with Crippen molar-refractivity contribution in [2.75, 3.05) is 25.6 Å². The summed E-state index contributed by atoms with van der Waals surface area (Å²) in [4.78, 5) is 15.0. The highest BCUT2D eigenvalue weighted by atomic mass is 35.5. The normalized spacial score (nSPS) is 10.4. The molecule has 0 aliphatic rings. The van der Waals surface area contributed by atoms with Crippen LogP contribution in [-0.2, 0) is 14.3 Å². The number of unbranched alkanes of at least 4 members (excludes halogenated alkanes) is 1. The maximum atomic E-state index is 11.0. The minimum atomic E-state index is -0.339. The monoisotopic (exact) mass is 247 g/mol. The van der Waals surface area contributed by atoms with Gasteiger partial charge in [-0.3, -0.25) is 4.99 Å². The highest BCUT2D eigenvalue weighted by Gasteiger charge is 2.01. The molecule has 0 aliphatic carbocycles. The van der Waals surface area contributed by atoms with Gasteiger partial charge < -0.3 is 9.47 Å². The van der Waals surface area contributed by atoms with E-state index in [0.29, 0.717) is 31.2 Å². The number of ether oxygens (including phenoxy) is 2. The van der Waals surface area contributed by atoms with Crippen molar-refractivity contribution in [2.24, 2.45) is 4.99 Å². The molecule has 92 valence electrons. The third-order valence-electron chi connectivity index (χ3n) is 1.61. The van der Waals surface area contributed by atoms with Crippen LogP contribution in [0.1, 0.15) is 19.8 Å². The van der Waals surface area contributed by atoms with Crippen molar-refractivity contribution >= 4 is 24.0 Å². The van der Waals surface area contributed by atoms with E-state index in [1.807, 2.05) is 0 Å². The van der Waals surface area contributed by atoms with E-state index in [-0.39, 0.29) is 5.97 Å². The number of nitrogens with zero attached hydrogens (tertiary/aromatic N) is 1. The summed E-state index contributed by atoms with van der Waals surface area (Å²) in [6.07, 6.45) is 3.04. The first-order chi connectivity index (χ1) is 7.68. The van der Waals surface area contributed by atoms with Crippen molar-refractivity contribution in [3.05, 3.63) is 12.2 Å². The third kappa shape index (κ3) is 9.52. The van der Waals surface area contributed by atoms with Crippen LogP contribution in [-0.4, -0.2) is 38.0 Å². The van der Waals surface area contributed by atoms with Crippen molar-refractivity contribution < 1.29 is 14.3 Å². The summed E-state index contributed by atoms with van der Waals surface area (Å²) >= 11 is 5.40. The third-order valence-corrected chi connectivity index (χ3v) is 1.76. The maximum absolute atomic E-state index is 11.0. The Bertz CT molecular complexity index is 241. The smallest absolute Gasteiger partial charge is 0.333 e. The lowest BCUT2D eigenvalue weighted by atomic mass is 10.3. The van der Waals surface area contributed by atoms with Crippen LogP contribution < -0.4 is 0 Å².